The van der Waals surface area contributed by atoms with E-state index in [1.165, 1.54) is 18.9 Å². The fourth-order valence-corrected chi connectivity index (χ4v) is 3.40. The van der Waals surface area contributed by atoms with E-state index in [9.17, 15) is 4.39 Å². The Labute approximate surface area is 113 Å². The number of nitrogens with one attached hydrogen (secondary N) is 1. The van der Waals surface area contributed by atoms with Crippen molar-refractivity contribution in [2.45, 2.75) is 43.8 Å². The molecule has 0 aliphatic carbocycles. The van der Waals surface area contributed by atoms with Crippen molar-refractivity contribution >= 4 is 5.69 Å². The van der Waals surface area contributed by atoms with Gasteiger partial charge in [-0.3, -0.25) is 0 Å². The lowest BCUT2D eigenvalue weighted by Crippen LogP contribution is -2.47. The van der Waals surface area contributed by atoms with Crippen molar-refractivity contribution in [2.24, 2.45) is 0 Å². The largest absolute Gasteiger partial charge is 0.369 e. The number of anilines is 1. The molecular formula is C15H18FN3. The summed E-state index contributed by atoms with van der Waals surface area (Å²) in [5.41, 5.74) is 0.977. The average Bonchev–Trinajstić information content (AvgIpc) is 2.76. The molecule has 19 heavy (non-hydrogen) atoms. The molecule has 2 saturated heterocycles. The highest BCUT2D eigenvalue weighted by Gasteiger charge is 2.35. The average molecular weight is 259 g/mol. The van der Waals surface area contributed by atoms with Gasteiger partial charge in [0.15, 0.2) is 0 Å². The molecule has 2 heterocycles. The molecule has 0 spiro atoms. The molecular weight excluding hydrogens is 241 g/mol. The Kier molecular flexibility index (Phi) is 3.16. The SMILES string of the molecule is CN(c1ccc(C#N)cc1F)C1CC2CCC(C1)N2. The molecule has 0 aromatic heterocycles. The first-order chi connectivity index (χ1) is 9.17. The van der Waals surface area contributed by atoms with Gasteiger partial charge in [0, 0.05) is 25.2 Å². The second-order valence-electron chi connectivity index (χ2n) is 5.65. The maximum absolute atomic E-state index is 14.0. The maximum Gasteiger partial charge on any atom is 0.147 e. The third-order valence-electron chi connectivity index (χ3n) is 4.45. The highest BCUT2D eigenvalue weighted by atomic mass is 19.1. The summed E-state index contributed by atoms with van der Waals surface area (Å²) < 4.78 is 14.0. The van der Waals surface area contributed by atoms with E-state index in [4.69, 9.17) is 5.26 Å². The minimum Gasteiger partial charge on any atom is -0.369 e. The molecule has 2 atom stereocenters. The predicted molar refractivity (Wildman–Crippen MR) is 72.5 cm³/mol. The summed E-state index contributed by atoms with van der Waals surface area (Å²) in [6, 6.07) is 8.27. The maximum atomic E-state index is 14.0. The highest BCUT2D eigenvalue weighted by molar-refractivity contribution is 5.51. The fourth-order valence-electron chi connectivity index (χ4n) is 3.40. The summed E-state index contributed by atoms with van der Waals surface area (Å²) >= 11 is 0. The van der Waals surface area contributed by atoms with E-state index in [2.05, 4.69) is 5.32 Å². The standard InChI is InChI=1S/C15H18FN3/c1-19(13-7-11-3-4-12(8-13)18-11)15-5-2-10(9-17)6-14(15)16/h2,5-6,11-13,18H,3-4,7-8H2,1H3. The smallest absolute Gasteiger partial charge is 0.147 e. The predicted octanol–water partition coefficient (Wildman–Crippen LogP) is 2.42. The second kappa shape index (κ2) is 4.82. The first-order valence-electron chi connectivity index (χ1n) is 6.86. The van der Waals surface area contributed by atoms with Gasteiger partial charge < -0.3 is 10.2 Å². The van der Waals surface area contributed by atoms with Crippen molar-refractivity contribution in [1.29, 1.82) is 5.26 Å². The lowest BCUT2D eigenvalue weighted by atomic mass is 9.98. The molecule has 1 aromatic carbocycles. The van der Waals surface area contributed by atoms with E-state index in [-0.39, 0.29) is 5.82 Å². The highest BCUT2D eigenvalue weighted by Crippen LogP contribution is 2.32. The zero-order chi connectivity index (χ0) is 13.4. The molecule has 4 heteroatoms. The zero-order valence-electron chi connectivity index (χ0n) is 11.1. The number of fused-ring (bicyclic) bond motifs is 2. The quantitative estimate of drug-likeness (QED) is 0.886. The first kappa shape index (κ1) is 12.4. The van der Waals surface area contributed by atoms with Crippen LogP contribution in [0.5, 0.6) is 0 Å². The number of nitriles is 1. The molecule has 3 nitrogen and oxygen atoms in total. The summed E-state index contributed by atoms with van der Waals surface area (Å²) in [6.45, 7) is 0. The van der Waals surface area contributed by atoms with Gasteiger partial charge in [0.05, 0.1) is 17.3 Å². The number of hydrogen-bond donors (Lipinski definition) is 1. The lowest BCUT2D eigenvalue weighted by molar-refractivity contribution is 0.353. The Bertz CT molecular complexity index is 511. The molecule has 1 aromatic rings. The normalized spacial score (nSPS) is 29.0. The van der Waals surface area contributed by atoms with Gasteiger partial charge in [0.25, 0.3) is 0 Å². The molecule has 0 amide bonds. The van der Waals surface area contributed by atoms with Gasteiger partial charge in [0.2, 0.25) is 0 Å². The van der Waals surface area contributed by atoms with Crippen LogP contribution in [-0.2, 0) is 0 Å². The minimum atomic E-state index is -0.299. The fraction of sp³-hybridized carbons (Fsp3) is 0.533. The van der Waals surface area contributed by atoms with E-state index in [1.807, 2.05) is 18.0 Å². The zero-order valence-corrected chi connectivity index (χ0v) is 11.1. The summed E-state index contributed by atoms with van der Waals surface area (Å²) in [5, 5.41) is 12.4. The number of halogens is 1. The van der Waals surface area contributed by atoms with Crippen molar-refractivity contribution in [3.63, 3.8) is 0 Å². The van der Waals surface area contributed by atoms with Crippen LogP contribution in [0.4, 0.5) is 10.1 Å². The minimum absolute atomic E-state index is 0.299. The van der Waals surface area contributed by atoms with Crippen molar-refractivity contribution in [1.82, 2.24) is 5.32 Å². The Hall–Kier alpha value is -1.60. The van der Waals surface area contributed by atoms with E-state index < -0.39 is 0 Å². The number of nitrogens with zero attached hydrogens (tertiary/aromatic N) is 2. The summed E-state index contributed by atoms with van der Waals surface area (Å²) in [4.78, 5) is 2.04. The van der Waals surface area contributed by atoms with Crippen LogP contribution in [0.1, 0.15) is 31.2 Å². The number of rotatable bonds is 2. The van der Waals surface area contributed by atoms with Crippen LogP contribution in [-0.4, -0.2) is 25.2 Å². The Morgan fingerprint density at radius 3 is 2.58 bits per heavy atom. The molecule has 2 fully saturated rings. The summed E-state index contributed by atoms with van der Waals surface area (Å²) in [5.74, 6) is -0.299. The van der Waals surface area contributed by atoms with Crippen LogP contribution in [0.3, 0.4) is 0 Å². The molecule has 100 valence electrons. The van der Waals surface area contributed by atoms with Gasteiger partial charge in [0.1, 0.15) is 5.82 Å². The van der Waals surface area contributed by atoms with Crippen molar-refractivity contribution in [2.75, 3.05) is 11.9 Å². The van der Waals surface area contributed by atoms with Gasteiger partial charge in [-0.2, -0.15) is 5.26 Å². The number of piperidine rings is 1. The molecule has 3 rings (SSSR count). The van der Waals surface area contributed by atoms with Crippen LogP contribution in [0, 0.1) is 17.1 Å². The molecule has 2 aliphatic rings. The number of benzene rings is 1. The van der Waals surface area contributed by atoms with Gasteiger partial charge in [-0.05, 0) is 43.9 Å². The molecule has 2 bridgehead atoms. The summed E-state index contributed by atoms with van der Waals surface area (Å²) in [7, 11) is 1.96. The van der Waals surface area contributed by atoms with Crippen molar-refractivity contribution in [3.8, 4) is 6.07 Å². The van der Waals surface area contributed by atoms with E-state index in [0.29, 0.717) is 29.4 Å². The Balaban J connectivity index is 1.80. The third kappa shape index (κ3) is 2.31. The van der Waals surface area contributed by atoms with Crippen LogP contribution in [0.25, 0.3) is 0 Å². The van der Waals surface area contributed by atoms with Crippen LogP contribution in [0.15, 0.2) is 18.2 Å². The summed E-state index contributed by atoms with van der Waals surface area (Å²) in [6.07, 6.45) is 4.63. The van der Waals surface area contributed by atoms with E-state index >= 15 is 0 Å². The van der Waals surface area contributed by atoms with Crippen molar-refractivity contribution in [3.05, 3.63) is 29.6 Å². The topological polar surface area (TPSA) is 39.1 Å². The van der Waals surface area contributed by atoms with E-state index in [1.54, 1.807) is 12.1 Å². The van der Waals surface area contributed by atoms with E-state index in [0.717, 1.165) is 12.8 Å². The van der Waals surface area contributed by atoms with Gasteiger partial charge in [-0.15, -0.1) is 0 Å². The Morgan fingerprint density at radius 1 is 1.32 bits per heavy atom. The molecule has 0 radical (unpaired) electrons. The number of hydrogen-bond acceptors (Lipinski definition) is 3. The monoisotopic (exact) mass is 259 g/mol. The lowest BCUT2D eigenvalue weighted by Gasteiger charge is -2.37. The van der Waals surface area contributed by atoms with Crippen molar-refractivity contribution < 1.29 is 4.39 Å². The van der Waals surface area contributed by atoms with Crippen LogP contribution < -0.4 is 10.2 Å². The molecule has 2 unspecified atom stereocenters. The van der Waals surface area contributed by atoms with Gasteiger partial charge >= 0.3 is 0 Å². The molecule has 0 saturated carbocycles. The molecule has 1 N–H and O–H groups in total. The van der Waals surface area contributed by atoms with Crippen LogP contribution >= 0.6 is 0 Å². The van der Waals surface area contributed by atoms with Gasteiger partial charge in [-0.25, -0.2) is 4.39 Å². The molecule has 2 aliphatic heterocycles. The third-order valence-corrected chi connectivity index (χ3v) is 4.45. The van der Waals surface area contributed by atoms with Crippen LogP contribution in [0.2, 0.25) is 0 Å². The van der Waals surface area contributed by atoms with Gasteiger partial charge in [-0.1, -0.05) is 0 Å². The Morgan fingerprint density at radius 2 is 2.00 bits per heavy atom. The first-order valence-corrected chi connectivity index (χ1v) is 6.86. The second-order valence-corrected chi connectivity index (χ2v) is 5.65.